The van der Waals surface area contributed by atoms with Gasteiger partial charge in [0.2, 0.25) is 11.5 Å². The monoisotopic (exact) mass is 248 g/mol. The van der Waals surface area contributed by atoms with E-state index in [1.165, 1.54) is 0 Å². The molecule has 0 N–H and O–H groups in total. The topological polar surface area (TPSA) is 107 Å². The van der Waals surface area contributed by atoms with Gasteiger partial charge in [-0.05, 0) is 12.1 Å². The van der Waals surface area contributed by atoms with Gasteiger partial charge in [-0.3, -0.25) is 10.1 Å². The first-order valence-electron chi connectivity index (χ1n) is 3.48. The maximum absolute atomic E-state index is 11.2. The Balaban J connectivity index is 3.21. The summed E-state index contributed by atoms with van der Waals surface area (Å²) in [5.41, 5.74) is -0.233. The molecule has 80 valence electrons. The summed E-state index contributed by atoms with van der Waals surface area (Å²) in [6.45, 7) is 0. The van der Waals surface area contributed by atoms with Gasteiger partial charge in [-0.1, -0.05) is 3.77 Å². The van der Waals surface area contributed by atoms with Crippen LogP contribution in [0.5, 0.6) is 0 Å². The molecular formula is C6H4N2O5S2. The van der Waals surface area contributed by atoms with Gasteiger partial charge in [-0.2, -0.15) is 12.6 Å². The van der Waals surface area contributed by atoms with Gasteiger partial charge >= 0.3 is 0 Å². The van der Waals surface area contributed by atoms with Crippen LogP contribution in [-0.2, 0) is 21.5 Å². The van der Waals surface area contributed by atoms with Gasteiger partial charge in [-0.15, -0.1) is 0 Å². The fraction of sp³-hybridized carbons (Fsp3) is 0. The largest absolute Gasteiger partial charge is 0.294 e. The fourth-order valence-electron chi connectivity index (χ4n) is 0.823. The third-order valence-corrected chi connectivity index (χ3v) is 3.37. The predicted octanol–water partition coefficient (Wildman–Crippen LogP) is 0.680. The number of rotatable bonds is 3. The number of nitro benzene ring substituents is 1. The minimum Gasteiger partial charge on any atom is -0.258 e. The lowest BCUT2D eigenvalue weighted by Crippen LogP contribution is -1.96. The second-order valence-electron chi connectivity index (χ2n) is 2.38. The van der Waals surface area contributed by atoms with Crippen molar-refractivity contribution >= 4 is 27.2 Å². The van der Waals surface area contributed by atoms with E-state index in [1.54, 1.807) is 0 Å². The number of hydrogen-bond acceptors (Lipinski definition) is 5. The zero-order valence-corrected chi connectivity index (χ0v) is 8.69. The highest BCUT2D eigenvalue weighted by Crippen LogP contribution is 2.17. The van der Waals surface area contributed by atoms with Crippen LogP contribution in [0.25, 0.3) is 0 Å². The molecule has 0 saturated carbocycles. The van der Waals surface area contributed by atoms with Crippen molar-refractivity contribution in [1.82, 2.24) is 0 Å². The summed E-state index contributed by atoms with van der Waals surface area (Å²) in [6, 6.07) is 4.09. The van der Waals surface area contributed by atoms with E-state index in [1.807, 2.05) is 0 Å². The molecule has 7 nitrogen and oxygen atoms in total. The van der Waals surface area contributed by atoms with Crippen molar-refractivity contribution in [2.75, 3.05) is 0 Å². The van der Waals surface area contributed by atoms with E-state index < -0.39 is 26.4 Å². The third-order valence-electron chi connectivity index (χ3n) is 1.47. The van der Waals surface area contributed by atoms with Crippen molar-refractivity contribution in [3.05, 3.63) is 34.4 Å². The number of benzene rings is 1. The Bertz CT molecular complexity index is 529. The SMILES string of the molecule is O=S=NS(=O)(=O)c1ccc([N+](=O)[O-])cc1. The molecule has 0 aliphatic carbocycles. The molecule has 1 rings (SSSR count). The second kappa shape index (κ2) is 4.28. The molecule has 9 heteroatoms. The predicted molar refractivity (Wildman–Crippen MR) is 50.9 cm³/mol. The lowest BCUT2D eigenvalue weighted by molar-refractivity contribution is -0.384. The first-order chi connectivity index (χ1) is 6.97. The van der Waals surface area contributed by atoms with Gasteiger partial charge in [-0.25, -0.2) is 0 Å². The van der Waals surface area contributed by atoms with E-state index in [0.29, 0.717) is 0 Å². The summed E-state index contributed by atoms with van der Waals surface area (Å²) in [5, 5.41) is 10.3. The molecule has 15 heavy (non-hydrogen) atoms. The Morgan fingerprint density at radius 3 is 2.20 bits per heavy atom. The zero-order chi connectivity index (χ0) is 11.5. The van der Waals surface area contributed by atoms with Crippen LogP contribution >= 0.6 is 0 Å². The normalized spacial score (nSPS) is 10.7. The van der Waals surface area contributed by atoms with E-state index in [-0.39, 0.29) is 10.6 Å². The van der Waals surface area contributed by atoms with E-state index >= 15 is 0 Å². The summed E-state index contributed by atoms with van der Waals surface area (Å²) >= 11 is -0.433. The summed E-state index contributed by atoms with van der Waals surface area (Å²) in [6.07, 6.45) is 0. The van der Waals surface area contributed by atoms with Gasteiger partial charge < -0.3 is 0 Å². The van der Waals surface area contributed by atoms with Crippen molar-refractivity contribution in [3.63, 3.8) is 0 Å². The Labute approximate surface area is 88.2 Å². The molecule has 0 atom stereocenters. The quantitative estimate of drug-likeness (QED) is 0.577. The first-order valence-corrected chi connectivity index (χ1v) is 5.62. The lowest BCUT2D eigenvalue weighted by atomic mass is 10.3. The smallest absolute Gasteiger partial charge is 0.258 e. The average molecular weight is 248 g/mol. The van der Waals surface area contributed by atoms with Crippen molar-refractivity contribution < 1.29 is 17.6 Å². The molecular weight excluding hydrogens is 244 g/mol. The molecule has 0 unspecified atom stereocenters. The molecule has 0 bridgehead atoms. The fourth-order valence-corrected chi connectivity index (χ4v) is 1.97. The molecule has 1 aromatic carbocycles. The van der Waals surface area contributed by atoms with Crippen LogP contribution in [0.15, 0.2) is 32.9 Å². The van der Waals surface area contributed by atoms with Crippen LogP contribution < -0.4 is 0 Å². The third kappa shape index (κ3) is 2.67. The van der Waals surface area contributed by atoms with Crippen LogP contribution in [0.4, 0.5) is 5.69 Å². The van der Waals surface area contributed by atoms with Gasteiger partial charge in [0.15, 0.2) is 0 Å². The Morgan fingerprint density at radius 1 is 1.27 bits per heavy atom. The van der Waals surface area contributed by atoms with E-state index in [4.69, 9.17) is 0 Å². The Kier molecular flexibility index (Phi) is 3.27. The van der Waals surface area contributed by atoms with Crippen LogP contribution in [0.2, 0.25) is 0 Å². The zero-order valence-electron chi connectivity index (χ0n) is 7.06. The Hall–Kier alpha value is -1.61. The van der Waals surface area contributed by atoms with Crippen LogP contribution in [0, 0.1) is 10.1 Å². The molecule has 0 aromatic heterocycles. The molecule has 0 fully saturated rings. The summed E-state index contributed by atoms with van der Waals surface area (Å²) < 4.78 is 35.0. The highest BCUT2D eigenvalue weighted by molar-refractivity contribution is 7.93. The number of hydrogen-bond donors (Lipinski definition) is 0. The summed E-state index contributed by atoms with van der Waals surface area (Å²) in [4.78, 5) is 9.36. The number of non-ortho nitro benzene ring substituents is 1. The van der Waals surface area contributed by atoms with Crippen LogP contribution in [0.1, 0.15) is 0 Å². The number of sulfonamides is 1. The lowest BCUT2D eigenvalue weighted by Gasteiger charge is -1.95. The number of nitro groups is 1. The number of nitrogens with zero attached hydrogens (tertiary/aromatic N) is 2. The van der Waals surface area contributed by atoms with E-state index in [2.05, 4.69) is 3.77 Å². The average Bonchev–Trinajstić information content (AvgIpc) is 2.18. The van der Waals surface area contributed by atoms with Gasteiger partial charge in [0.05, 0.1) is 9.82 Å². The molecule has 0 spiro atoms. The van der Waals surface area contributed by atoms with Crippen molar-refractivity contribution in [3.8, 4) is 0 Å². The van der Waals surface area contributed by atoms with Crippen molar-refractivity contribution in [2.24, 2.45) is 3.77 Å². The minimum absolute atomic E-state index is 0.233. The van der Waals surface area contributed by atoms with Gasteiger partial charge in [0.1, 0.15) is 0 Å². The standard InChI is InChI=1S/C6H4N2O5S2/c9-8(10)5-1-3-6(4-2-5)15(12,13)7-14-11/h1-4H. The Morgan fingerprint density at radius 2 is 1.80 bits per heavy atom. The van der Waals surface area contributed by atoms with Crippen molar-refractivity contribution in [1.29, 1.82) is 0 Å². The molecule has 0 aliphatic rings. The minimum atomic E-state index is -4.00. The molecule has 0 amide bonds. The summed E-state index contributed by atoms with van der Waals surface area (Å²) in [5.74, 6) is 0. The highest BCUT2D eigenvalue weighted by Gasteiger charge is 2.14. The first kappa shape index (κ1) is 11.5. The van der Waals surface area contributed by atoms with E-state index in [0.717, 1.165) is 24.3 Å². The molecule has 1 aromatic rings. The maximum Gasteiger partial charge on any atom is 0.294 e. The molecule has 0 saturated heterocycles. The van der Waals surface area contributed by atoms with Gasteiger partial charge in [0.25, 0.3) is 15.7 Å². The highest BCUT2D eigenvalue weighted by atomic mass is 32.2. The molecule has 0 radical (unpaired) electrons. The van der Waals surface area contributed by atoms with Crippen molar-refractivity contribution in [2.45, 2.75) is 4.90 Å². The van der Waals surface area contributed by atoms with Crippen LogP contribution in [-0.4, -0.2) is 17.6 Å². The van der Waals surface area contributed by atoms with Crippen LogP contribution in [0.3, 0.4) is 0 Å². The van der Waals surface area contributed by atoms with Gasteiger partial charge in [0, 0.05) is 12.1 Å². The second-order valence-corrected chi connectivity index (χ2v) is 4.54. The summed E-state index contributed by atoms with van der Waals surface area (Å²) in [7, 11) is -4.00. The van der Waals surface area contributed by atoms with E-state index in [9.17, 15) is 22.7 Å². The molecule has 0 heterocycles. The maximum atomic E-state index is 11.2. The molecule has 0 aliphatic heterocycles.